The fourth-order valence-electron chi connectivity index (χ4n) is 3.26. The smallest absolute Gasteiger partial charge is 0.360 e. The fourth-order valence-corrected chi connectivity index (χ4v) is 3.26. The summed E-state index contributed by atoms with van der Waals surface area (Å²) >= 11 is 0. The van der Waals surface area contributed by atoms with Crippen molar-refractivity contribution in [2.75, 3.05) is 19.0 Å². The molecule has 0 aliphatic heterocycles. The van der Waals surface area contributed by atoms with Gasteiger partial charge in [-0.15, -0.1) is 0 Å². The molecule has 0 spiro atoms. The number of hydrogen-bond acceptors (Lipinski definition) is 1. The molecule has 0 aliphatic rings. The summed E-state index contributed by atoms with van der Waals surface area (Å²) in [5.41, 5.74) is 6.78. The summed E-state index contributed by atoms with van der Waals surface area (Å²) in [4.78, 5) is 2.10. The zero-order valence-electron chi connectivity index (χ0n) is 16.7. The molecule has 0 N–H and O–H groups in total. The van der Waals surface area contributed by atoms with Crippen LogP contribution in [0.15, 0.2) is 102 Å². The minimum atomic E-state index is 0.858. The van der Waals surface area contributed by atoms with Gasteiger partial charge >= 0.3 is 12.0 Å². The van der Waals surface area contributed by atoms with Gasteiger partial charge in [0, 0.05) is 25.3 Å². The maximum atomic E-state index is 5.99. The van der Waals surface area contributed by atoms with Crippen LogP contribution in [0.5, 0.6) is 0 Å². The largest absolute Gasteiger partial charge is 0.378 e. The monoisotopic (exact) mass is 378 g/mol. The van der Waals surface area contributed by atoms with Crippen LogP contribution in [0.4, 0.5) is 5.69 Å². The van der Waals surface area contributed by atoms with E-state index in [9.17, 15) is 0 Å². The van der Waals surface area contributed by atoms with Crippen LogP contribution in [-0.4, -0.2) is 14.1 Å². The van der Waals surface area contributed by atoms with Crippen molar-refractivity contribution in [1.29, 1.82) is 0 Å². The van der Waals surface area contributed by atoms with E-state index in [1.54, 1.807) is 0 Å². The number of nitrogens with zero attached hydrogens (tertiary/aromatic N) is 1. The average Bonchev–Trinajstić information content (AvgIpc) is 2.79. The van der Waals surface area contributed by atoms with Gasteiger partial charge in [-0.3, -0.25) is 0 Å². The molecule has 0 saturated heterocycles. The quantitative estimate of drug-likeness (QED) is 0.343. The van der Waals surface area contributed by atoms with Gasteiger partial charge in [-0.25, -0.2) is 4.42 Å². The molecule has 0 fully saturated rings. The second kappa shape index (κ2) is 8.57. The SMILES string of the molecule is CN(C)c1ccc(C=Cc2c[o+]c(-c3ccccc3)cc2-c2ccccc2)cc1. The third-order valence-electron chi connectivity index (χ3n) is 4.91. The highest BCUT2D eigenvalue weighted by atomic mass is 16.3. The van der Waals surface area contributed by atoms with Crippen LogP contribution in [0.2, 0.25) is 0 Å². The highest BCUT2D eigenvalue weighted by molar-refractivity contribution is 5.82. The normalized spacial score (nSPS) is 11.0. The summed E-state index contributed by atoms with van der Waals surface area (Å²) < 4.78 is 5.99. The number of benzene rings is 3. The molecule has 0 aliphatic carbocycles. The van der Waals surface area contributed by atoms with E-state index in [1.165, 1.54) is 11.3 Å². The van der Waals surface area contributed by atoms with Gasteiger partial charge in [0.1, 0.15) is 0 Å². The Kier molecular flexibility index (Phi) is 5.53. The van der Waals surface area contributed by atoms with E-state index in [1.807, 2.05) is 44.6 Å². The molecule has 0 saturated carbocycles. The fraction of sp³-hybridized carbons (Fsp3) is 0.0741. The van der Waals surface area contributed by atoms with Crippen molar-refractivity contribution in [3.8, 4) is 22.5 Å². The van der Waals surface area contributed by atoms with Crippen molar-refractivity contribution < 1.29 is 4.42 Å². The lowest BCUT2D eigenvalue weighted by atomic mass is 9.99. The second-order valence-electron chi connectivity index (χ2n) is 7.16. The molecule has 1 aromatic heterocycles. The average molecular weight is 378 g/mol. The van der Waals surface area contributed by atoms with E-state index in [-0.39, 0.29) is 0 Å². The van der Waals surface area contributed by atoms with Crippen molar-refractivity contribution in [2.45, 2.75) is 0 Å². The molecule has 4 aromatic rings. The van der Waals surface area contributed by atoms with Gasteiger partial charge in [0.25, 0.3) is 0 Å². The molecule has 0 bridgehead atoms. The van der Waals surface area contributed by atoms with Crippen molar-refractivity contribution in [1.82, 2.24) is 0 Å². The van der Waals surface area contributed by atoms with Crippen LogP contribution in [0.25, 0.3) is 34.6 Å². The maximum absolute atomic E-state index is 5.99. The Morgan fingerprint density at radius 2 is 1.31 bits per heavy atom. The lowest BCUT2D eigenvalue weighted by Crippen LogP contribution is -2.07. The van der Waals surface area contributed by atoms with Crippen molar-refractivity contribution in [3.05, 3.63) is 108 Å². The van der Waals surface area contributed by atoms with E-state index in [4.69, 9.17) is 4.42 Å². The second-order valence-corrected chi connectivity index (χ2v) is 7.16. The Hall–Kier alpha value is -3.65. The zero-order chi connectivity index (χ0) is 20.1. The van der Waals surface area contributed by atoms with E-state index < -0.39 is 0 Å². The molecule has 0 unspecified atom stereocenters. The summed E-state index contributed by atoms with van der Waals surface area (Å²) in [6.45, 7) is 0. The van der Waals surface area contributed by atoms with Gasteiger partial charge in [0.15, 0.2) is 0 Å². The Morgan fingerprint density at radius 1 is 0.690 bits per heavy atom. The lowest BCUT2D eigenvalue weighted by molar-refractivity contribution is 0.565. The molecule has 0 atom stereocenters. The van der Waals surface area contributed by atoms with E-state index in [0.29, 0.717) is 0 Å². The Bertz CT molecular complexity index is 1100. The summed E-state index contributed by atoms with van der Waals surface area (Å²) in [5, 5.41) is 0. The number of anilines is 1. The Labute approximate surface area is 172 Å². The molecular weight excluding hydrogens is 354 g/mol. The molecular formula is C27H24NO+. The molecule has 142 valence electrons. The standard InChI is InChI=1S/C27H24NO/c1-28(2)25-17-14-21(15-18-25)13-16-24-20-29-27(23-11-7-4-8-12-23)19-26(24)22-9-5-3-6-10-22/h3-20H,1-2H3/q+1. The van der Waals surface area contributed by atoms with Gasteiger partial charge in [0.2, 0.25) is 0 Å². The van der Waals surface area contributed by atoms with Crippen LogP contribution < -0.4 is 4.90 Å². The van der Waals surface area contributed by atoms with Gasteiger partial charge < -0.3 is 4.90 Å². The third kappa shape index (κ3) is 4.44. The molecule has 4 rings (SSSR count). The predicted molar refractivity (Wildman–Crippen MR) is 124 cm³/mol. The maximum Gasteiger partial charge on any atom is 0.360 e. The summed E-state index contributed by atoms with van der Waals surface area (Å²) in [5.74, 6) is 0.858. The van der Waals surface area contributed by atoms with E-state index in [2.05, 4.69) is 83.8 Å². The topological polar surface area (TPSA) is 14.5 Å². The Balaban J connectivity index is 1.72. The van der Waals surface area contributed by atoms with Crippen LogP contribution in [0.1, 0.15) is 11.1 Å². The first-order chi connectivity index (χ1) is 14.2. The first-order valence-corrected chi connectivity index (χ1v) is 9.73. The molecule has 2 nitrogen and oxygen atoms in total. The van der Waals surface area contributed by atoms with E-state index in [0.717, 1.165) is 28.0 Å². The van der Waals surface area contributed by atoms with E-state index >= 15 is 0 Å². The van der Waals surface area contributed by atoms with Crippen LogP contribution >= 0.6 is 0 Å². The molecule has 1 heterocycles. The third-order valence-corrected chi connectivity index (χ3v) is 4.91. The highest BCUT2D eigenvalue weighted by Crippen LogP contribution is 2.31. The predicted octanol–water partition coefficient (Wildman–Crippen LogP) is 7.13. The zero-order valence-corrected chi connectivity index (χ0v) is 16.7. The van der Waals surface area contributed by atoms with Gasteiger partial charge in [-0.05, 0) is 41.5 Å². The Morgan fingerprint density at radius 3 is 1.93 bits per heavy atom. The molecule has 0 amide bonds. The van der Waals surface area contributed by atoms with Gasteiger partial charge in [0.05, 0.1) is 17.2 Å². The molecule has 29 heavy (non-hydrogen) atoms. The lowest BCUT2D eigenvalue weighted by Gasteiger charge is -2.11. The summed E-state index contributed by atoms with van der Waals surface area (Å²) in [7, 11) is 4.10. The summed E-state index contributed by atoms with van der Waals surface area (Å²) in [6.07, 6.45) is 6.08. The number of hydrogen-bond donors (Lipinski definition) is 0. The van der Waals surface area contributed by atoms with Crippen LogP contribution in [0, 0.1) is 0 Å². The van der Waals surface area contributed by atoms with Crippen molar-refractivity contribution in [3.63, 3.8) is 0 Å². The minimum absolute atomic E-state index is 0.858. The minimum Gasteiger partial charge on any atom is -0.378 e. The van der Waals surface area contributed by atoms with Gasteiger partial charge in [-0.1, -0.05) is 66.7 Å². The molecule has 0 radical (unpaired) electrons. The highest BCUT2D eigenvalue weighted by Gasteiger charge is 2.16. The first-order valence-electron chi connectivity index (χ1n) is 9.73. The first kappa shape index (κ1) is 18.7. The number of rotatable bonds is 5. The molecule has 2 heteroatoms. The summed E-state index contributed by atoms with van der Waals surface area (Å²) in [6, 6.07) is 31.3. The molecule has 3 aromatic carbocycles. The van der Waals surface area contributed by atoms with Gasteiger partial charge in [-0.2, -0.15) is 0 Å². The van der Waals surface area contributed by atoms with Crippen LogP contribution in [0.3, 0.4) is 0 Å². The van der Waals surface area contributed by atoms with Crippen molar-refractivity contribution >= 4 is 17.8 Å². The van der Waals surface area contributed by atoms with Crippen molar-refractivity contribution in [2.24, 2.45) is 0 Å². The van der Waals surface area contributed by atoms with Crippen LogP contribution in [-0.2, 0) is 0 Å².